The molecule has 0 saturated carbocycles. The molecule has 1 aliphatic rings. The van der Waals surface area contributed by atoms with Crippen LogP contribution in [-0.2, 0) is 15.7 Å². The van der Waals surface area contributed by atoms with Crippen molar-refractivity contribution in [1.29, 1.82) is 0 Å². The summed E-state index contributed by atoms with van der Waals surface area (Å²) in [7, 11) is 0. The summed E-state index contributed by atoms with van der Waals surface area (Å²) in [4.78, 5) is 24.6. The highest BCUT2D eigenvalue weighted by molar-refractivity contribution is 6.01. The van der Waals surface area contributed by atoms with Crippen LogP contribution in [0.2, 0.25) is 0 Å². The number of anilines is 1. The van der Waals surface area contributed by atoms with Gasteiger partial charge in [-0.3, -0.25) is 9.59 Å². The third kappa shape index (κ3) is 5.77. The quantitative estimate of drug-likeness (QED) is 0.204. The van der Waals surface area contributed by atoms with Gasteiger partial charge < -0.3 is 15.2 Å². The standard InChI is InChI=1S/C31H39N3O4/c1-5-31(6-2,23-14-16-24(17-15-23)38-18-10-13-28(36)37)20-27(35)25-21-32-34-29(25)33-26(19-30(34,3)4)22-11-8-7-9-12-22/h7-9,11-12,14-17,21,26,33H,5-6,10,13,18-20H2,1-4H3,(H,36,37). The Bertz CT molecular complexity index is 1240. The maximum absolute atomic E-state index is 13.9. The number of aromatic nitrogens is 2. The average molecular weight is 518 g/mol. The number of carboxylic acid groups (broad SMARTS) is 1. The largest absolute Gasteiger partial charge is 0.494 e. The maximum atomic E-state index is 13.9. The van der Waals surface area contributed by atoms with E-state index >= 15 is 0 Å². The molecule has 38 heavy (non-hydrogen) atoms. The number of hydrogen-bond donors (Lipinski definition) is 2. The van der Waals surface area contributed by atoms with Crippen LogP contribution in [0.5, 0.6) is 5.75 Å². The van der Waals surface area contributed by atoms with Crippen LogP contribution in [0.1, 0.15) is 93.7 Å². The van der Waals surface area contributed by atoms with E-state index in [9.17, 15) is 9.59 Å². The molecule has 7 heteroatoms. The second-order valence-corrected chi connectivity index (χ2v) is 10.9. The molecule has 1 unspecified atom stereocenters. The van der Waals surface area contributed by atoms with E-state index in [4.69, 9.17) is 9.84 Å². The van der Waals surface area contributed by atoms with E-state index in [1.165, 1.54) is 5.56 Å². The monoisotopic (exact) mass is 517 g/mol. The van der Waals surface area contributed by atoms with Crippen LogP contribution in [0.4, 0.5) is 5.82 Å². The van der Waals surface area contributed by atoms with Gasteiger partial charge in [0.1, 0.15) is 11.6 Å². The number of Topliss-reactive ketones (excluding diaryl/α,β-unsaturated/α-hetero) is 1. The number of fused-ring (bicyclic) bond motifs is 1. The Morgan fingerprint density at radius 1 is 1.11 bits per heavy atom. The van der Waals surface area contributed by atoms with Crippen molar-refractivity contribution in [1.82, 2.24) is 9.78 Å². The normalized spacial score (nSPS) is 16.4. The second kappa shape index (κ2) is 11.4. The fourth-order valence-corrected chi connectivity index (χ4v) is 5.57. The van der Waals surface area contributed by atoms with E-state index in [1.54, 1.807) is 6.20 Å². The summed E-state index contributed by atoms with van der Waals surface area (Å²) in [6.45, 7) is 8.96. The van der Waals surface area contributed by atoms with Gasteiger partial charge in [-0.15, -0.1) is 0 Å². The van der Waals surface area contributed by atoms with Gasteiger partial charge in [-0.05, 0) is 62.8 Å². The first-order valence-electron chi connectivity index (χ1n) is 13.6. The molecule has 7 nitrogen and oxygen atoms in total. The topological polar surface area (TPSA) is 93.5 Å². The van der Waals surface area contributed by atoms with Crippen LogP contribution >= 0.6 is 0 Å². The molecule has 2 N–H and O–H groups in total. The zero-order chi connectivity index (χ0) is 27.3. The van der Waals surface area contributed by atoms with Crippen molar-refractivity contribution in [3.05, 3.63) is 77.5 Å². The van der Waals surface area contributed by atoms with Gasteiger partial charge in [0.05, 0.1) is 29.9 Å². The smallest absolute Gasteiger partial charge is 0.303 e. The van der Waals surface area contributed by atoms with Gasteiger partial charge >= 0.3 is 5.97 Å². The Balaban J connectivity index is 1.54. The highest BCUT2D eigenvalue weighted by Gasteiger charge is 2.38. The zero-order valence-corrected chi connectivity index (χ0v) is 22.9. The Hall–Kier alpha value is -3.61. The lowest BCUT2D eigenvalue weighted by molar-refractivity contribution is -0.137. The fourth-order valence-electron chi connectivity index (χ4n) is 5.57. The Kier molecular flexibility index (Phi) is 8.24. The summed E-state index contributed by atoms with van der Waals surface area (Å²) in [6, 6.07) is 18.4. The van der Waals surface area contributed by atoms with Gasteiger partial charge in [-0.1, -0.05) is 56.3 Å². The number of ether oxygens (including phenoxy) is 1. The number of nitrogens with one attached hydrogen (secondary N) is 1. The predicted octanol–water partition coefficient (Wildman–Crippen LogP) is 6.75. The molecule has 0 fully saturated rings. The molecule has 202 valence electrons. The van der Waals surface area contributed by atoms with E-state index in [0.29, 0.717) is 30.8 Å². The van der Waals surface area contributed by atoms with E-state index < -0.39 is 5.97 Å². The summed E-state index contributed by atoms with van der Waals surface area (Å²) in [6.07, 6.45) is 5.18. The number of carbonyl (C=O) groups is 2. The maximum Gasteiger partial charge on any atom is 0.303 e. The molecule has 1 aromatic heterocycles. The van der Waals surface area contributed by atoms with E-state index in [0.717, 1.165) is 30.6 Å². The first-order valence-corrected chi connectivity index (χ1v) is 13.6. The lowest BCUT2D eigenvalue weighted by atomic mass is 9.71. The van der Waals surface area contributed by atoms with Crippen LogP contribution in [-0.4, -0.2) is 33.2 Å². The highest BCUT2D eigenvalue weighted by Crippen LogP contribution is 2.42. The molecule has 4 rings (SSSR count). The fraction of sp³-hybridized carbons (Fsp3) is 0.452. The minimum absolute atomic E-state index is 0.0842. The molecule has 0 saturated heterocycles. The molecule has 0 bridgehead atoms. The molecule has 1 aliphatic heterocycles. The third-order valence-corrected chi connectivity index (χ3v) is 7.98. The minimum Gasteiger partial charge on any atom is -0.494 e. The SMILES string of the molecule is CCC(CC)(CC(=O)c1cnn2c1NC(c1ccccc1)CC2(C)C)c1ccc(OCCCC(=O)O)cc1. The number of ketones is 1. The Morgan fingerprint density at radius 3 is 2.42 bits per heavy atom. The summed E-state index contributed by atoms with van der Waals surface area (Å²) >= 11 is 0. The van der Waals surface area contributed by atoms with Crippen molar-refractivity contribution in [2.24, 2.45) is 0 Å². The number of benzene rings is 2. The van der Waals surface area contributed by atoms with Crippen molar-refractivity contribution in [2.45, 2.75) is 83.2 Å². The van der Waals surface area contributed by atoms with Gasteiger partial charge in [0.25, 0.3) is 0 Å². The molecule has 0 amide bonds. The predicted molar refractivity (Wildman–Crippen MR) is 149 cm³/mol. The Labute approximate surface area is 225 Å². The molecule has 0 aliphatic carbocycles. The number of nitrogens with zero attached hydrogens (tertiary/aromatic N) is 2. The second-order valence-electron chi connectivity index (χ2n) is 10.9. The van der Waals surface area contributed by atoms with Gasteiger partial charge in [-0.2, -0.15) is 5.10 Å². The molecule has 0 spiro atoms. The first-order chi connectivity index (χ1) is 18.2. The van der Waals surface area contributed by atoms with Crippen molar-refractivity contribution < 1.29 is 19.4 Å². The highest BCUT2D eigenvalue weighted by atomic mass is 16.5. The number of aliphatic carboxylic acids is 1. The summed E-state index contributed by atoms with van der Waals surface area (Å²) in [5.41, 5.74) is 2.41. The van der Waals surface area contributed by atoms with E-state index in [2.05, 4.69) is 50.2 Å². The average Bonchev–Trinajstić information content (AvgIpc) is 3.36. The van der Waals surface area contributed by atoms with Crippen LogP contribution in [0.3, 0.4) is 0 Å². The number of carbonyl (C=O) groups excluding carboxylic acids is 1. The van der Waals surface area contributed by atoms with Crippen LogP contribution < -0.4 is 10.1 Å². The molecule has 2 heterocycles. The van der Waals surface area contributed by atoms with Crippen LogP contribution in [0, 0.1) is 0 Å². The summed E-state index contributed by atoms with van der Waals surface area (Å²) in [5, 5.41) is 17.1. The van der Waals surface area contributed by atoms with Crippen LogP contribution in [0.25, 0.3) is 0 Å². The lowest BCUT2D eigenvalue weighted by Gasteiger charge is -2.38. The van der Waals surface area contributed by atoms with Gasteiger partial charge in [0, 0.05) is 18.3 Å². The number of hydrogen-bond acceptors (Lipinski definition) is 5. The lowest BCUT2D eigenvalue weighted by Crippen LogP contribution is -2.38. The van der Waals surface area contributed by atoms with Crippen molar-refractivity contribution in [2.75, 3.05) is 11.9 Å². The molecule has 2 aromatic carbocycles. The molecule has 0 radical (unpaired) electrons. The molecule has 1 atom stereocenters. The number of rotatable bonds is 12. The van der Waals surface area contributed by atoms with Gasteiger partial charge in [-0.25, -0.2) is 4.68 Å². The number of carboxylic acids is 1. The summed E-state index contributed by atoms with van der Waals surface area (Å²) in [5.74, 6) is 0.765. The Morgan fingerprint density at radius 2 is 1.79 bits per heavy atom. The van der Waals surface area contributed by atoms with E-state index in [-0.39, 0.29) is 29.2 Å². The molecular weight excluding hydrogens is 478 g/mol. The van der Waals surface area contributed by atoms with Crippen LogP contribution in [0.15, 0.2) is 60.8 Å². The van der Waals surface area contributed by atoms with Crippen molar-refractivity contribution >= 4 is 17.6 Å². The van der Waals surface area contributed by atoms with E-state index in [1.807, 2.05) is 47.1 Å². The third-order valence-electron chi connectivity index (χ3n) is 7.98. The summed E-state index contributed by atoms with van der Waals surface area (Å²) < 4.78 is 7.68. The molecule has 3 aromatic rings. The van der Waals surface area contributed by atoms with Crippen molar-refractivity contribution in [3.8, 4) is 5.75 Å². The minimum atomic E-state index is -0.821. The molecular formula is C31H39N3O4. The first kappa shape index (κ1) is 27.4. The van der Waals surface area contributed by atoms with Gasteiger partial charge in [0.15, 0.2) is 5.78 Å². The van der Waals surface area contributed by atoms with Crippen molar-refractivity contribution in [3.63, 3.8) is 0 Å². The zero-order valence-electron chi connectivity index (χ0n) is 22.9. The van der Waals surface area contributed by atoms with Gasteiger partial charge in [0.2, 0.25) is 0 Å².